The van der Waals surface area contributed by atoms with E-state index in [1.54, 1.807) is 12.1 Å². The van der Waals surface area contributed by atoms with Gasteiger partial charge in [0.05, 0.1) is 16.6 Å². The van der Waals surface area contributed by atoms with Crippen molar-refractivity contribution in [1.82, 2.24) is 5.32 Å². The second-order valence-electron chi connectivity index (χ2n) is 4.82. The quantitative estimate of drug-likeness (QED) is 0.641. The Hall–Kier alpha value is -2.13. The first-order chi connectivity index (χ1) is 9.10. The highest BCUT2D eigenvalue weighted by atomic mass is 16.6. The van der Waals surface area contributed by atoms with Crippen molar-refractivity contribution >= 4 is 11.4 Å². The number of nitrogens with zero attached hydrogens (tertiary/aromatic N) is 2. The summed E-state index contributed by atoms with van der Waals surface area (Å²) in [5, 5.41) is 26.4. The van der Waals surface area contributed by atoms with Crippen LogP contribution in [0.5, 0.6) is 0 Å². The summed E-state index contributed by atoms with van der Waals surface area (Å²) in [5.41, 5.74) is 0.754. The van der Waals surface area contributed by atoms with E-state index in [0.717, 1.165) is 19.4 Å². The summed E-state index contributed by atoms with van der Waals surface area (Å²) in [6.07, 6.45) is 1.86. The third-order valence-electron chi connectivity index (χ3n) is 3.31. The number of nitrogens with one attached hydrogen (secondary N) is 2. The third-order valence-corrected chi connectivity index (χ3v) is 3.31. The molecule has 2 unspecified atom stereocenters. The maximum atomic E-state index is 11.0. The number of hydrogen-bond acceptors (Lipinski definition) is 5. The van der Waals surface area contributed by atoms with Crippen LogP contribution in [0.15, 0.2) is 18.2 Å². The molecular weight excluding hydrogens is 244 g/mol. The molecule has 2 rings (SSSR count). The highest BCUT2D eigenvalue weighted by molar-refractivity contribution is 5.64. The number of nitriles is 1. The van der Waals surface area contributed by atoms with Crippen LogP contribution >= 0.6 is 0 Å². The first kappa shape index (κ1) is 13.3. The minimum atomic E-state index is -0.451. The topological polar surface area (TPSA) is 91.0 Å². The molecule has 1 saturated heterocycles. The number of nitro benzene ring substituents is 1. The Morgan fingerprint density at radius 3 is 3.00 bits per heavy atom. The Morgan fingerprint density at radius 2 is 2.37 bits per heavy atom. The first-order valence-corrected chi connectivity index (χ1v) is 6.28. The predicted octanol–water partition coefficient (Wildman–Crippen LogP) is 2.02. The van der Waals surface area contributed by atoms with Crippen molar-refractivity contribution in [2.24, 2.45) is 0 Å². The number of nitro groups is 1. The van der Waals surface area contributed by atoms with Crippen LogP contribution < -0.4 is 10.6 Å². The van der Waals surface area contributed by atoms with Gasteiger partial charge in [0, 0.05) is 18.2 Å². The Balaban J connectivity index is 2.20. The SMILES string of the molecule is CC1CC(Nc2ccc(C#N)cc2[N+](=O)[O-])CCN1. The zero-order valence-corrected chi connectivity index (χ0v) is 10.7. The number of piperidine rings is 1. The van der Waals surface area contributed by atoms with Crippen LogP contribution in [0.3, 0.4) is 0 Å². The van der Waals surface area contributed by atoms with E-state index in [1.165, 1.54) is 6.07 Å². The van der Waals surface area contributed by atoms with Crippen molar-refractivity contribution < 1.29 is 4.92 Å². The van der Waals surface area contributed by atoms with Gasteiger partial charge in [-0.3, -0.25) is 10.1 Å². The van der Waals surface area contributed by atoms with E-state index in [-0.39, 0.29) is 11.7 Å². The molecule has 6 nitrogen and oxygen atoms in total. The van der Waals surface area contributed by atoms with E-state index < -0.39 is 4.92 Å². The lowest BCUT2D eigenvalue weighted by Crippen LogP contribution is -2.41. The van der Waals surface area contributed by atoms with Crippen molar-refractivity contribution in [2.45, 2.75) is 31.8 Å². The van der Waals surface area contributed by atoms with E-state index in [2.05, 4.69) is 17.6 Å². The van der Waals surface area contributed by atoms with Crippen molar-refractivity contribution in [3.63, 3.8) is 0 Å². The molecule has 2 N–H and O–H groups in total. The van der Waals surface area contributed by atoms with Gasteiger partial charge in [0.25, 0.3) is 5.69 Å². The summed E-state index contributed by atoms with van der Waals surface area (Å²) in [6.45, 7) is 3.00. The molecule has 1 heterocycles. The summed E-state index contributed by atoms with van der Waals surface area (Å²) >= 11 is 0. The predicted molar refractivity (Wildman–Crippen MR) is 71.9 cm³/mol. The van der Waals surface area contributed by atoms with E-state index in [9.17, 15) is 10.1 Å². The molecule has 0 spiro atoms. The molecule has 0 saturated carbocycles. The van der Waals surface area contributed by atoms with Crippen molar-refractivity contribution in [2.75, 3.05) is 11.9 Å². The summed E-state index contributed by atoms with van der Waals surface area (Å²) in [5.74, 6) is 0. The maximum absolute atomic E-state index is 11.0. The Labute approximate surface area is 111 Å². The lowest BCUT2D eigenvalue weighted by molar-refractivity contribution is -0.384. The minimum Gasteiger partial charge on any atom is -0.377 e. The van der Waals surface area contributed by atoms with Crippen molar-refractivity contribution in [1.29, 1.82) is 5.26 Å². The zero-order valence-electron chi connectivity index (χ0n) is 10.7. The van der Waals surface area contributed by atoms with Crippen LogP contribution in [-0.2, 0) is 0 Å². The van der Waals surface area contributed by atoms with Crippen molar-refractivity contribution in [3.05, 3.63) is 33.9 Å². The van der Waals surface area contributed by atoms with E-state index in [4.69, 9.17) is 5.26 Å². The molecule has 2 atom stereocenters. The number of anilines is 1. The molecule has 0 radical (unpaired) electrons. The second kappa shape index (κ2) is 5.67. The van der Waals surface area contributed by atoms with Gasteiger partial charge in [0.2, 0.25) is 0 Å². The molecule has 0 amide bonds. The summed E-state index contributed by atoms with van der Waals surface area (Å²) in [4.78, 5) is 10.6. The van der Waals surface area contributed by atoms with Crippen LogP contribution in [0.1, 0.15) is 25.3 Å². The van der Waals surface area contributed by atoms with Gasteiger partial charge < -0.3 is 10.6 Å². The van der Waals surface area contributed by atoms with E-state index >= 15 is 0 Å². The number of hydrogen-bond donors (Lipinski definition) is 2. The monoisotopic (exact) mass is 260 g/mol. The zero-order chi connectivity index (χ0) is 13.8. The summed E-state index contributed by atoms with van der Waals surface area (Å²) in [6, 6.07) is 7.07. The smallest absolute Gasteiger partial charge is 0.293 e. The van der Waals surface area contributed by atoms with E-state index in [0.29, 0.717) is 17.3 Å². The Bertz CT molecular complexity index is 524. The Morgan fingerprint density at radius 1 is 1.58 bits per heavy atom. The highest BCUT2D eigenvalue weighted by Gasteiger charge is 2.22. The van der Waals surface area contributed by atoms with Gasteiger partial charge in [-0.1, -0.05) is 0 Å². The molecule has 1 aliphatic rings. The van der Waals surface area contributed by atoms with Crippen molar-refractivity contribution in [3.8, 4) is 6.07 Å². The lowest BCUT2D eigenvalue weighted by atomic mass is 10.00. The third kappa shape index (κ3) is 3.20. The number of rotatable bonds is 3. The molecule has 0 aliphatic carbocycles. The fraction of sp³-hybridized carbons (Fsp3) is 0.462. The van der Waals surface area contributed by atoms with Crippen LogP contribution in [-0.4, -0.2) is 23.6 Å². The highest BCUT2D eigenvalue weighted by Crippen LogP contribution is 2.27. The lowest BCUT2D eigenvalue weighted by Gasteiger charge is -2.29. The average molecular weight is 260 g/mol. The second-order valence-corrected chi connectivity index (χ2v) is 4.82. The molecular formula is C13H16N4O2. The van der Waals surface area contributed by atoms with Gasteiger partial charge in [-0.05, 0) is 38.4 Å². The van der Waals surface area contributed by atoms with Crippen LogP contribution in [0.4, 0.5) is 11.4 Å². The van der Waals surface area contributed by atoms with Gasteiger partial charge in [-0.15, -0.1) is 0 Å². The molecule has 1 aliphatic heterocycles. The summed E-state index contributed by atoms with van der Waals surface area (Å²) in [7, 11) is 0. The number of benzene rings is 1. The normalized spacial score (nSPS) is 22.5. The molecule has 19 heavy (non-hydrogen) atoms. The minimum absolute atomic E-state index is 0.0368. The largest absolute Gasteiger partial charge is 0.377 e. The maximum Gasteiger partial charge on any atom is 0.293 e. The standard InChI is InChI=1S/C13H16N4O2/c1-9-6-11(4-5-15-9)16-12-3-2-10(8-14)7-13(12)17(18)19/h2-3,7,9,11,15-16H,4-6H2,1H3. The molecule has 1 aromatic carbocycles. The molecule has 6 heteroatoms. The van der Waals surface area contributed by atoms with Gasteiger partial charge in [0.15, 0.2) is 0 Å². The van der Waals surface area contributed by atoms with Gasteiger partial charge >= 0.3 is 0 Å². The van der Waals surface area contributed by atoms with Gasteiger partial charge in [-0.25, -0.2) is 0 Å². The molecule has 0 aromatic heterocycles. The van der Waals surface area contributed by atoms with Crippen LogP contribution in [0.25, 0.3) is 0 Å². The van der Waals surface area contributed by atoms with Crippen LogP contribution in [0, 0.1) is 21.4 Å². The summed E-state index contributed by atoms with van der Waals surface area (Å²) < 4.78 is 0. The fourth-order valence-electron chi connectivity index (χ4n) is 2.36. The van der Waals surface area contributed by atoms with Gasteiger partial charge in [-0.2, -0.15) is 5.26 Å². The first-order valence-electron chi connectivity index (χ1n) is 6.28. The Kier molecular flexibility index (Phi) is 3.97. The average Bonchev–Trinajstić information content (AvgIpc) is 2.39. The molecule has 0 bridgehead atoms. The molecule has 100 valence electrons. The molecule has 1 aromatic rings. The van der Waals surface area contributed by atoms with Gasteiger partial charge in [0.1, 0.15) is 5.69 Å². The van der Waals surface area contributed by atoms with Crippen LogP contribution in [0.2, 0.25) is 0 Å². The fourth-order valence-corrected chi connectivity index (χ4v) is 2.36. The van der Waals surface area contributed by atoms with E-state index in [1.807, 2.05) is 6.07 Å². The molecule has 1 fully saturated rings.